The topological polar surface area (TPSA) is 0 Å². The van der Waals surface area contributed by atoms with E-state index in [4.69, 9.17) is 0 Å². The molecular formula is C16H22F2Ti. The number of hydrogen-bond donors (Lipinski definition) is 0. The summed E-state index contributed by atoms with van der Waals surface area (Å²) < 4.78 is 0. The maximum Gasteiger partial charge on any atom is 4.00 e. The zero-order valence-electron chi connectivity index (χ0n) is 12.0. The van der Waals surface area contributed by atoms with E-state index >= 15 is 0 Å². The summed E-state index contributed by atoms with van der Waals surface area (Å²) >= 11 is 0. The maximum absolute atomic E-state index is 2.20. The van der Waals surface area contributed by atoms with Gasteiger partial charge < -0.3 is 9.41 Å². The first-order valence-corrected chi connectivity index (χ1v) is 6.04. The van der Waals surface area contributed by atoms with Crippen molar-refractivity contribution >= 4 is 0 Å². The number of halogens is 2. The van der Waals surface area contributed by atoms with Crippen molar-refractivity contribution in [2.24, 2.45) is 0 Å². The van der Waals surface area contributed by atoms with Crippen molar-refractivity contribution in [2.45, 2.75) is 39.5 Å². The monoisotopic (exact) mass is 300 g/mol. The molecule has 0 atom stereocenters. The van der Waals surface area contributed by atoms with Crippen molar-refractivity contribution in [3.05, 3.63) is 59.7 Å². The minimum Gasteiger partial charge on any atom is -1.00 e. The molecule has 0 radical (unpaired) electrons. The van der Waals surface area contributed by atoms with E-state index in [1.807, 2.05) is 0 Å². The van der Waals surface area contributed by atoms with E-state index in [1.54, 1.807) is 0 Å². The maximum atomic E-state index is 2.20. The van der Waals surface area contributed by atoms with Gasteiger partial charge in [0.25, 0.3) is 0 Å². The summed E-state index contributed by atoms with van der Waals surface area (Å²) in [4.78, 5) is 0. The van der Waals surface area contributed by atoms with Gasteiger partial charge in [0.2, 0.25) is 0 Å². The summed E-state index contributed by atoms with van der Waals surface area (Å²) in [5.41, 5.74) is 2.87. The summed E-state index contributed by atoms with van der Waals surface area (Å²) in [6, 6.07) is 16.9. The van der Waals surface area contributed by atoms with Crippen molar-refractivity contribution in [3.63, 3.8) is 0 Å². The Hall–Kier alpha value is -0.726. The largest absolute Gasteiger partial charge is 4.00 e. The Balaban J connectivity index is -0.000000233. The molecule has 0 aromatic heterocycles. The summed E-state index contributed by atoms with van der Waals surface area (Å²) in [6.45, 7) is 8.81. The van der Waals surface area contributed by atoms with Gasteiger partial charge in [-0.05, 0) is 0 Å². The summed E-state index contributed by atoms with van der Waals surface area (Å²) in [7, 11) is 0. The van der Waals surface area contributed by atoms with Gasteiger partial charge in [-0.25, -0.2) is 24.3 Å². The van der Waals surface area contributed by atoms with E-state index < -0.39 is 0 Å². The van der Waals surface area contributed by atoms with Gasteiger partial charge in [-0.3, -0.25) is 0 Å². The van der Waals surface area contributed by atoms with Crippen LogP contribution in [0, 0.1) is 0 Å². The standard InChI is InChI=1S/2C8H11.2FH.Ti/c2*1-7(2)8-5-3-4-6-8;;;/h2*3-7H,1-2H3;2*1H;/q2*-1;;;+4/p-2. The van der Waals surface area contributed by atoms with Crippen LogP contribution in [0.3, 0.4) is 0 Å². The van der Waals surface area contributed by atoms with Gasteiger partial charge in [0.1, 0.15) is 0 Å². The second-order valence-electron chi connectivity index (χ2n) is 4.75. The minimum atomic E-state index is 0. The molecule has 0 unspecified atom stereocenters. The fourth-order valence-corrected chi connectivity index (χ4v) is 1.55. The molecule has 104 valence electrons. The molecule has 0 heterocycles. The smallest absolute Gasteiger partial charge is 1.00 e. The fraction of sp³-hybridized carbons (Fsp3) is 0.375. The average molecular weight is 300 g/mol. The third-order valence-electron chi connectivity index (χ3n) is 2.71. The van der Waals surface area contributed by atoms with Crippen LogP contribution in [0.4, 0.5) is 0 Å². The van der Waals surface area contributed by atoms with Gasteiger partial charge >= 0.3 is 21.7 Å². The van der Waals surface area contributed by atoms with Gasteiger partial charge in [-0.1, -0.05) is 39.5 Å². The Morgan fingerprint density at radius 2 is 0.789 bits per heavy atom. The molecule has 2 aromatic rings. The van der Waals surface area contributed by atoms with E-state index in [2.05, 4.69) is 76.2 Å². The van der Waals surface area contributed by atoms with E-state index in [1.165, 1.54) is 11.1 Å². The van der Waals surface area contributed by atoms with Crippen molar-refractivity contribution in [3.8, 4) is 0 Å². The molecule has 0 N–H and O–H groups in total. The summed E-state index contributed by atoms with van der Waals surface area (Å²) in [5.74, 6) is 1.37. The Kier molecular flexibility index (Phi) is 15.1. The Labute approximate surface area is 130 Å². The number of rotatable bonds is 2. The first-order chi connectivity index (χ1) is 7.61. The van der Waals surface area contributed by atoms with Crippen LogP contribution in [0.15, 0.2) is 48.5 Å². The number of hydrogen-bond acceptors (Lipinski definition) is 0. The quantitative estimate of drug-likeness (QED) is 0.496. The molecular weight excluding hydrogens is 278 g/mol. The fourth-order valence-electron chi connectivity index (χ4n) is 1.55. The Morgan fingerprint density at radius 1 is 0.579 bits per heavy atom. The second kappa shape index (κ2) is 12.3. The van der Waals surface area contributed by atoms with E-state index in [0.29, 0.717) is 11.8 Å². The van der Waals surface area contributed by atoms with Crippen LogP contribution in [-0.4, -0.2) is 0 Å². The van der Waals surface area contributed by atoms with Crippen LogP contribution in [-0.2, 0) is 21.7 Å². The predicted molar refractivity (Wildman–Crippen MR) is 72.2 cm³/mol. The van der Waals surface area contributed by atoms with Crippen LogP contribution in [0.2, 0.25) is 0 Å². The molecule has 2 aromatic carbocycles. The predicted octanol–water partition coefficient (Wildman–Crippen LogP) is -0.937. The van der Waals surface area contributed by atoms with Gasteiger partial charge in [-0.2, -0.15) is 35.4 Å². The second-order valence-corrected chi connectivity index (χ2v) is 4.75. The molecule has 19 heavy (non-hydrogen) atoms. The zero-order valence-corrected chi connectivity index (χ0v) is 13.6. The molecule has 0 aliphatic heterocycles. The van der Waals surface area contributed by atoms with E-state index in [0.717, 1.165) is 0 Å². The van der Waals surface area contributed by atoms with Crippen molar-refractivity contribution < 1.29 is 31.1 Å². The molecule has 0 saturated heterocycles. The molecule has 2 rings (SSSR count). The van der Waals surface area contributed by atoms with Crippen LogP contribution in [0.25, 0.3) is 0 Å². The van der Waals surface area contributed by atoms with Crippen molar-refractivity contribution in [1.82, 2.24) is 0 Å². The normalized spacial score (nSPS) is 8.74. The van der Waals surface area contributed by atoms with Crippen LogP contribution in [0.1, 0.15) is 50.7 Å². The molecule has 0 spiro atoms. The molecule has 0 amide bonds. The zero-order chi connectivity index (χ0) is 12.0. The van der Waals surface area contributed by atoms with Crippen LogP contribution >= 0.6 is 0 Å². The molecule has 0 bridgehead atoms. The van der Waals surface area contributed by atoms with Crippen molar-refractivity contribution in [1.29, 1.82) is 0 Å². The van der Waals surface area contributed by atoms with Gasteiger partial charge in [-0.15, -0.1) is 0 Å². The van der Waals surface area contributed by atoms with Crippen LogP contribution < -0.4 is 9.41 Å². The van der Waals surface area contributed by atoms with Crippen molar-refractivity contribution in [2.75, 3.05) is 0 Å². The summed E-state index contributed by atoms with van der Waals surface area (Å²) in [5, 5.41) is 0. The minimum absolute atomic E-state index is 0. The average Bonchev–Trinajstić information content (AvgIpc) is 2.93. The summed E-state index contributed by atoms with van der Waals surface area (Å²) in [6.07, 6.45) is 0. The van der Waals surface area contributed by atoms with Gasteiger partial charge in [0, 0.05) is 0 Å². The SMILES string of the molecule is CC(C)[c-]1cccc1.CC(C)[c-]1cccc1.[F-].[F-].[Ti+4]. The molecule has 0 aliphatic rings. The van der Waals surface area contributed by atoms with E-state index in [9.17, 15) is 0 Å². The molecule has 0 aliphatic carbocycles. The molecule has 3 heteroatoms. The van der Waals surface area contributed by atoms with Gasteiger partial charge in [0.05, 0.1) is 0 Å². The molecule has 0 saturated carbocycles. The van der Waals surface area contributed by atoms with Crippen LogP contribution in [0.5, 0.6) is 0 Å². The first kappa shape index (κ1) is 23.4. The van der Waals surface area contributed by atoms with E-state index in [-0.39, 0.29) is 31.1 Å². The first-order valence-electron chi connectivity index (χ1n) is 6.04. The molecule has 0 fully saturated rings. The Morgan fingerprint density at radius 3 is 0.895 bits per heavy atom. The molecule has 0 nitrogen and oxygen atoms in total. The Bertz CT molecular complexity index is 323. The third-order valence-corrected chi connectivity index (χ3v) is 2.71. The van der Waals surface area contributed by atoms with Gasteiger partial charge in [0.15, 0.2) is 0 Å². The third kappa shape index (κ3) is 8.90.